The second-order valence-corrected chi connectivity index (χ2v) is 5.70. The lowest BCUT2D eigenvalue weighted by molar-refractivity contribution is -0.510. The van der Waals surface area contributed by atoms with Gasteiger partial charge in [0.15, 0.2) is 11.4 Å². The molecule has 0 aliphatic carbocycles. The molecule has 132 valence electrons. The molecule has 0 spiro atoms. The first kappa shape index (κ1) is 18.6. The fraction of sp³-hybridized carbons (Fsp3) is 0.222. The fourth-order valence-electron chi connectivity index (χ4n) is 2.52. The Hall–Kier alpha value is -2.73. The zero-order chi connectivity index (χ0) is 17.3. The summed E-state index contributed by atoms with van der Waals surface area (Å²) < 4.78 is 14.7. The highest BCUT2D eigenvalue weighted by Crippen LogP contribution is 2.25. The molecule has 1 aromatic carbocycles. The number of amides is 1. The van der Waals surface area contributed by atoms with Gasteiger partial charge in [0, 0.05) is 25.7 Å². The average molecular weight is 362 g/mol. The van der Waals surface area contributed by atoms with E-state index in [1.807, 2.05) is 54.2 Å². The van der Waals surface area contributed by atoms with E-state index in [1.165, 1.54) is 4.90 Å². The first-order valence-corrected chi connectivity index (χ1v) is 7.54. The maximum absolute atomic E-state index is 11.7. The van der Waals surface area contributed by atoms with Crippen molar-refractivity contribution < 1.29 is 31.1 Å². The SMILES string of the molecule is COc1ccc2n(C)c(-c3cccc(OC(=O)N(C)C)c3)c[n+]2c1.[Cl-]. The molecule has 0 fully saturated rings. The number of rotatable bonds is 3. The van der Waals surface area contributed by atoms with Crippen LogP contribution in [0.3, 0.4) is 0 Å². The smallest absolute Gasteiger partial charge is 0.414 e. The summed E-state index contributed by atoms with van der Waals surface area (Å²) in [5, 5.41) is 0. The highest BCUT2D eigenvalue weighted by atomic mass is 35.5. The molecule has 1 amide bonds. The number of nitrogens with zero attached hydrogens (tertiary/aromatic N) is 3. The minimum atomic E-state index is -0.400. The third-order valence-corrected chi connectivity index (χ3v) is 3.83. The third kappa shape index (κ3) is 3.69. The number of methoxy groups -OCH3 is 1. The number of hydrogen-bond acceptors (Lipinski definition) is 3. The number of imidazole rings is 1. The van der Waals surface area contributed by atoms with Gasteiger partial charge >= 0.3 is 6.09 Å². The fourth-order valence-corrected chi connectivity index (χ4v) is 2.52. The molecular formula is C18H20ClN3O3. The lowest BCUT2D eigenvalue weighted by Crippen LogP contribution is -3.00. The summed E-state index contributed by atoms with van der Waals surface area (Å²) in [7, 11) is 6.95. The molecule has 0 saturated carbocycles. The Kier molecular flexibility index (Phi) is 5.54. The lowest BCUT2D eigenvalue weighted by Gasteiger charge is -2.10. The molecular weight excluding hydrogens is 342 g/mol. The Labute approximate surface area is 152 Å². The van der Waals surface area contributed by atoms with Crippen molar-refractivity contribution in [2.45, 2.75) is 0 Å². The number of halogens is 1. The summed E-state index contributed by atoms with van der Waals surface area (Å²) in [5.41, 5.74) is 3.00. The summed E-state index contributed by atoms with van der Waals surface area (Å²) in [6.07, 6.45) is 3.54. The van der Waals surface area contributed by atoms with Gasteiger partial charge in [-0.3, -0.25) is 0 Å². The number of fused-ring (bicyclic) bond motifs is 1. The van der Waals surface area contributed by atoms with E-state index >= 15 is 0 Å². The number of benzene rings is 1. The highest BCUT2D eigenvalue weighted by Gasteiger charge is 2.17. The Morgan fingerprint density at radius 2 is 1.88 bits per heavy atom. The summed E-state index contributed by atoms with van der Waals surface area (Å²) in [6.45, 7) is 0. The number of carbonyl (C=O) groups is 1. The van der Waals surface area contributed by atoms with Gasteiger partial charge in [-0.2, -0.15) is 4.40 Å². The van der Waals surface area contributed by atoms with Gasteiger partial charge in [0.2, 0.25) is 0 Å². The molecule has 25 heavy (non-hydrogen) atoms. The third-order valence-electron chi connectivity index (χ3n) is 3.83. The summed E-state index contributed by atoms with van der Waals surface area (Å²) >= 11 is 0. The van der Waals surface area contributed by atoms with Crippen LogP contribution in [-0.4, -0.2) is 36.8 Å². The van der Waals surface area contributed by atoms with E-state index in [2.05, 4.69) is 4.57 Å². The molecule has 0 unspecified atom stereocenters. The minimum Gasteiger partial charge on any atom is -1.00 e. The van der Waals surface area contributed by atoms with Gasteiger partial charge < -0.3 is 26.8 Å². The van der Waals surface area contributed by atoms with Crippen LogP contribution in [0.2, 0.25) is 0 Å². The summed E-state index contributed by atoms with van der Waals surface area (Å²) in [5.74, 6) is 1.30. The van der Waals surface area contributed by atoms with Crippen molar-refractivity contribution in [1.82, 2.24) is 9.47 Å². The number of hydrogen-bond donors (Lipinski definition) is 0. The summed E-state index contributed by atoms with van der Waals surface area (Å²) in [6, 6.07) is 11.4. The molecule has 0 aliphatic heterocycles. The number of pyridine rings is 1. The van der Waals surface area contributed by atoms with Gasteiger partial charge in [0.05, 0.1) is 14.2 Å². The molecule has 3 rings (SSSR count). The van der Waals surface area contributed by atoms with E-state index in [9.17, 15) is 4.79 Å². The lowest BCUT2D eigenvalue weighted by atomic mass is 10.1. The van der Waals surface area contributed by atoms with Crippen LogP contribution in [0.5, 0.6) is 11.5 Å². The molecule has 0 bridgehead atoms. The Bertz CT molecular complexity index is 906. The van der Waals surface area contributed by atoms with Gasteiger partial charge in [-0.15, -0.1) is 0 Å². The van der Waals surface area contributed by atoms with Crippen LogP contribution in [0.15, 0.2) is 48.8 Å². The van der Waals surface area contributed by atoms with Crippen LogP contribution in [-0.2, 0) is 7.05 Å². The standard InChI is InChI=1S/C18H20N3O3.ClH/c1-19(2)18(22)24-14-7-5-6-13(10-14)16-12-21-11-15(23-4)8-9-17(21)20(16)3;/h5-12H,1-4H3;1H/q+1;/p-1. The van der Waals surface area contributed by atoms with Crippen molar-refractivity contribution in [3.63, 3.8) is 0 Å². The molecule has 3 aromatic rings. The van der Waals surface area contributed by atoms with Crippen molar-refractivity contribution in [2.24, 2.45) is 7.05 Å². The van der Waals surface area contributed by atoms with Crippen LogP contribution in [0, 0.1) is 0 Å². The second kappa shape index (κ2) is 7.44. The van der Waals surface area contributed by atoms with Crippen LogP contribution in [0.25, 0.3) is 16.9 Å². The largest absolute Gasteiger partial charge is 1.00 e. The van der Waals surface area contributed by atoms with Gasteiger partial charge in [0.1, 0.15) is 18.1 Å². The molecule has 0 N–H and O–H groups in total. The predicted molar refractivity (Wildman–Crippen MR) is 90.3 cm³/mol. The van der Waals surface area contributed by atoms with Gasteiger partial charge in [0.25, 0.3) is 5.65 Å². The zero-order valence-electron chi connectivity index (χ0n) is 14.6. The van der Waals surface area contributed by atoms with Crippen LogP contribution < -0.4 is 26.3 Å². The topological polar surface area (TPSA) is 47.8 Å². The van der Waals surface area contributed by atoms with Crippen LogP contribution in [0.4, 0.5) is 4.79 Å². The summed E-state index contributed by atoms with van der Waals surface area (Å²) in [4.78, 5) is 13.1. The quantitative estimate of drug-likeness (QED) is 0.591. The normalized spacial score (nSPS) is 10.2. The van der Waals surface area contributed by atoms with Crippen molar-refractivity contribution in [1.29, 1.82) is 0 Å². The van der Waals surface area contributed by atoms with Crippen LogP contribution in [0.1, 0.15) is 0 Å². The average Bonchev–Trinajstić information content (AvgIpc) is 2.91. The molecule has 0 atom stereocenters. The molecule has 2 heterocycles. The molecule has 0 aliphatic rings. The Balaban J connectivity index is 0.00000225. The number of aryl methyl sites for hydroxylation is 1. The van der Waals surface area contributed by atoms with E-state index in [-0.39, 0.29) is 12.4 Å². The van der Waals surface area contributed by atoms with E-state index in [4.69, 9.17) is 9.47 Å². The Morgan fingerprint density at radius 1 is 1.12 bits per heavy atom. The molecule has 7 heteroatoms. The molecule has 6 nitrogen and oxygen atoms in total. The van der Waals surface area contributed by atoms with Crippen molar-refractivity contribution >= 4 is 11.7 Å². The molecule has 2 aromatic heterocycles. The maximum atomic E-state index is 11.7. The minimum absolute atomic E-state index is 0. The van der Waals surface area contributed by atoms with Crippen molar-refractivity contribution in [2.75, 3.05) is 21.2 Å². The second-order valence-electron chi connectivity index (χ2n) is 5.70. The van der Waals surface area contributed by atoms with Gasteiger partial charge in [-0.05, 0) is 18.2 Å². The monoisotopic (exact) mass is 361 g/mol. The van der Waals surface area contributed by atoms with Crippen molar-refractivity contribution in [3.05, 3.63) is 48.8 Å². The molecule has 0 saturated heterocycles. The number of carbonyl (C=O) groups excluding carboxylic acids is 1. The highest BCUT2D eigenvalue weighted by molar-refractivity contribution is 5.71. The van der Waals surface area contributed by atoms with Gasteiger partial charge in [-0.1, -0.05) is 12.1 Å². The van der Waals surface area contributed by atoms with E-state index in [0.29, 0.717) is 5.75 Å². The maximum Gasteiger partial charge on any atom is 0.414 e. The zero-order valence-corrected chi connectivity index (χ0v) is 15.3. The first-order chi connectivity index (χ1) is 11.5. The molecule has 0 radical (unpaired) electrons. The van der Waals surface area contributed by atoms with E-state index < -0.39 is 6.09 Å². The first-order valence-electron chi connectivity index (χ1n) is 7.54. The van der Waals surface area contributed by atoms with Crippen LogP contribution >= 0.6 is 0 Å². The number of aromatic nitrogens is 2. The number of ether oxygens (including phenoxy) is 2. The van der Waals surface area contributed by atoms with Gasteiger partial charge in [-0.25, -0.2) is 9.36 Å². The van der Waals surface area contributed by atoms with Crippen molar-refractivity contribution in [3.8, 4) is 22.8 Å². The Morgan fingerprint density at radius 3 is 2.56 bits per heavy atom. The predicted octanol–water partition coefficient (Wildman–Crippen LogP) is -0.496. The van der Waals surface area contributed by atoms with E-state index in [1.54, 1.807) is 27.3 Å². The van der Waals surface area contributed by atoms with E-state index in [0.717, 1.165) is 22.7 Å².